The van der Waals surface area contributed by atoms with Gasteiger partial charge in [0.15, 0.2) is 0 Å². The van der Waals surface area contributed by atoms with E-state index < -0.39 is 11.7 Å². The van der Waals surface area contributed by atoms with Crippen molar-refractivity contribution in [2.24, 2.45) is 5.10 Å². The number of fused-ring (bicyclic) bond motifs is 1. The van der Waals surface area contributed by atoms with Crippen molar-refractivity contribution in [2.75, 3.05) is 0 Å². The van der Waals surface area contributed by atoms with E-state index in [9.17, 15) is 9.18 Å². The third kappa shape index (κ3) is 4.00. The maximum absolute atomic E-state index is 13.9. The molecule has 6 heteroatoms. The van der Waals surface area contributed by atoms with Gasteiger partial charge in [-0.15, -0.1) is 0 Å². The maximum Gasteiger partial charge on any atom is 0.272 e. The SMILES string of the molecule is O=C(N/N=C/c1c(F)cccc1Cl)c1cc(-c2ccccc2)nc2ccccc12. The largest absolute Gasteiger partial charge is 0.272 e. The Labute approximate surface area is 171 Å². The van der Waals surface area contributed by atoms with Crippen molar-refractivity contribution in [1.29, 1.82) is 0 Å². The lowest BCUT2D eigenvalue weighted by atomic mass is 10.0. The number of carbonyl (C=O) groups is 1. The zero-order valence-corrected chi connectivity index (χ0v) is 15.9. The molecule has 0 atom stereocenters. The summed E-state index contributed by atoms with van der Waals surface area (Å²) in [6, 6.07) is 23.0. The molecule has 1 amide bonds. The van der Waals surface area contributed by atoms with Crippen LogP contribution in [0.4, 0.5) is 4.39 Å². The first kappa shape index (κ1) is 18.8. The number of pyridine rings is 1. The second-order valence-electron chi connectivity index (χ2n) is 6.27. The normalized spacial score (nSPS) is 11.1. The van der Waals surface area contributed by atoms with E-state index in [0.717, 1.165) is 5.56 Å². The molecule has 1 N–H and O–H groups in total. The van der Waals surface area contributed by atoms with Crippen LogP contribution in [0, 0.1) is 5.82 Å². The van der Waals surface area contributed by atoms with Gasteiger partial charge in [0.2, 0.25) is 0 Å². The Hall–Kier alpha value is -3.57. The van der Waals surface area contributed by atoms with Crippen molar-refractivity contribution in [3.63, 3.8) is 0 Å². The highest BCUT2D eigenvalue weighted by Crippen LogP contribution is 2.24. The second kappa shape index (κ2) is 8.20. The first-order chi connectivity index (χ1) is 14.1. The molecule has 0 aliphatic rings. The lowest BCUT2D eigenvalue weighted by molar-refractivity contribution is 0.0956. The summed E-state index contributed by atoms with van der Waals surface area (Å²) < 4.78 is 13.9. The van der Waals surface area contributed by atoms with Crippen LogP contribution in [0.1, 0.15) is 15.9 Å². The van der Waals surface area contributed by atoms with E-state index in [-0.39, 0.29) is 10.6 Å². The molecule has 0 aliphatic heterocycles. The van der Waals surface area contributed by atoms with Gasteiger partial charge in [-0.25, -0.2) is 14.8 Å². The van der Waals surface area contributed by atoms with Gasteiger partial charge in [-0.3, -0.25) is 4.79 Å². The van der Waals surface area contributed by atoms with Crippen molar-refractivity contribution in [3.8, 4) is 11.3 Å². The van der Waals surface area contributed by atoms with E-state index in [1.54, 1.807) is 12.1 Å². The van der Waals surface area contributed by atoms with Crippen molar-refractivity contribution >= 4 is 34.6 Å². The summed E-state index contributed by atoms with van der Waals surface area (Å²) >= 11 is 5.98. The minimum absolute atomic E-state index is 0.110. The highest BCUT2D eigenvalue weighted by molar-refractivity contribution is 6.33. The molecule has 0 fully saturated rings. The van der Waals surface area contributed by atoms with Crippen molar-refractivity contribution < 1.29 is 9.18 Å². The number of halogens is 2. The molecule has 29 heavy (non-hydrogen) atoms. The van der Waals surface area contributed by atoms with Crippen LogP contribution in [0.2, 0.25) is 5.02 Å². The lowest BCUT2D eigenvalue weighted by Gasteiger charge is -2.09. The predicted octanol–water partition coefficient (Wildman–Crippen LogP) is 5.46. The van der Waals surface area contributed by atoms with E-state index in [4.69, 9.17) is 11.6 Å². The van der Waals surface area contributed by atoms with Gasteiger partial charge in [0.25, 0.3) is 5.91 Å². The monoisotopic (exact) mass is 403 g/mol. The van der Waals surface area contributed by atoms with Crippen LogP contribution in [0.5, 0.6) is 0 Å². The van der Waals surface area contributed by atoms with Crippen LogP contribution >= 0.6 is 11.6 Å². The molecule has 1 heterocycles. The molecule has 4 nitrogen and oxygen atoms in total. The third-order valence-electron chi connectivity index (χ3n) is 4.39. The van der Waals surface area contributed by atoms with E-state index in [1.165, 1.54) is 18.3 Å². The molecule has 0 bridgehead atoms. The van der Waals surface area contributed by atoms with Crippen LogP contribution in [-0.4, -0.2) is 17.1 Å². The fraction of sp³-hybridized carbons (Fsp3) is 0. The molecule has 142 valence electrons. The van der Waals surface area contributed by atoms with Crippen LogP contribution in [-0.2, 0) is 0 Å². The summed E-state index contributed by atoms with van der Waals surface area (Å²) in [6.45, 7) is 0. The number of para-hydroxylation sites is 1. The van der Waals surface area contributed by atoms with Gasteiger partial charge < -0.3 is 0 Å². The zero-order valence-electron chi connectivity index (χ0n) is 15.1. The highest BCUT2D eigenvalue weighted by atomic mass is 35.5. The van der Waals surface area contributed by atoms with Crippen LogP contribution in [0.3, 0.4) is 0 Å². The van der Waals surface area contributed by atoms with Crippen molar-refractivity contribution in [3.05, 3.63) is 101 Å². The van der Waals surface area contributed by atoms with E-state index >= 15 is 0 Å². The first-order valence-corrected chi connectivity index (χ1v) is 9.24. The quantitative estimate of drug-likeness (QED) is 0.363. The molecule has 1 aromatic heterocycles. The van der Waals surface area contributed by atoms with Crippen LogP contribution in [0.15, 0.2) is 84.0 Å². The number of rotatable bonds is 4. The number of nitrogens with one attached hydrogen (secondary N) is 1. The maximum atomic E-state index is 13.9. The van der Waals surface area contributed by atoms with Crippen molar-refractivity contribution in [1.82, 2.24) is 10.4 Å². The molecule has 0 spiro atoms. The summed E-state index contributed by atoms with van der Waals surface area (Å²) in [5.41, 5.74) is 5.25. The third-order valence-corrected chi connectivity index (χ3v) is 4.72. The smallest absolute Gasteiger partial charge is 0.267 e. The van der Waals surface area contributed by atoms with Gasteiger partial charge in [0, 0.05) is 16.5 Å². The summed E-state index contributed by atoms with van der Waals surface area (Å²) in [5.74, 6) is -0.944. The molecule has 4 rings (SSSR count). The molecular formula is C23H15ClFN3O. The van der Waals surface area contributed by atoms with E-state index in [2.05, 4.69) is 15.5 Å². The number of hydrogen-bond donors (Lipinski definition) is 1. The van der Waals surface area contributed by atoms with E-state index in [1.807, 2.05) is 54.6 Å². The van der Waals surface area contributed by atoms with E-state index in [0.29, 0.717) is 22.2 Å². The second-order valence-corrected chi connectivity index (χ2v) is 6.68. The van der Waals surface area contributed by atoms with Crippen LogP contribution in [0.25, 0.3) is 22.2 Å². The molecular weight excluding hydrogens is 389 g/mol. The van der Waals surface area contributed by atoms with Gasteiger partial charge in [-0.1, -0.05) is 66.2 Å². The van der Waals surface area contributed by atoms with Gasteiger partial charge in [0.05, 0.1) is 28.0 Å². The zero-order chi connectivity index (χ0) is 20.2. The minimum Gasteiger partial charge on any atom is -0.267 e. The Balaban J connectivity index is 1.69. The molecule has 4 aromatic rings. The summed E-state index contributed by atoms with van der Waals surface area (Å²) in [5, 5.41) is 4.79. The summed E-state index contributed by atoms with van der Waals surface area (Å²) in [7, 11) is 0. The predicted molar refractivity (Wildman–Crippen MR) is 114 cm³/mol. The molecule has 0 saturated carbocycles. The average Bonchev–Trinajstić information content (AvgIpc) is 2.75. The molecule has 0 saturated heterocycles. The fourth-order valence-electron chi connectivity index (χ4n) is 2.97. The lowest BCUT2D eigenvalue weighted by Crippen LogP contribution is -2.18. The molecule has 0 unspecified atom stereocenters. The Kier molecular flexibility index (Phi) is 5.31. The van der Waals surface area contributed by atoms with Crippen LogP contribution < -0.4 is 5.43 Å². The standard InChI is InChI=1S/C23H15ClFN3O/c24-19-10-6-11-20(25)18(19)14-26-28-23(29)17-13-22(15-7-2-1-3-8-15)27-21-12-5-4-9-16(17)21/h1-14H,(H,28,29)/b26-14+. The average molecular weight is 404 g/mol. The minimum atomic E-state index is -0.517. The number of hydrogen-bond acceptors (Lipinski definition) is 3. The molecule has 3 aromatic carbocycles. The number of carbonyl (C=O) groups excluding carboxylic acids is 1. The number of nitrogens with zero attached hydrogens (tertiary/aromatic N) is 2. The summed E-state index contributed by atoms with van der Waals surface area (Å²) in [4.78, 5) is 17.5. The van der Waals surface area contributed by atoms with Gasteiger partial charge in [-0.05, 0) is 24.3 Å². The number of hydrazone groups is 1. The Morgan fingerprint density at radius 2 is 1.76 bits per heavy atom. The molecule has 0 aliphatic carbocycles. The first-order valence-electron chi connectivity index (χ1n) is 8.86. The highest BCUT2D eigenvalue weighted by Gasteiger charge is 2.13. The topological polar surface area (TPSA) is 54.4 Å². The van der Waals surface area contributed by atoms with Gasteiger partial charge >= 0.3 is 0 Å². The Bertz CT molecular complexity index is 1210. The Morgan fingerprint density at radius 1 is 1.00 bits per heavy atom. The molecule has 0 radical (unpaired) electrons. The number of benzene rings is 3. The van der Waals surface area contributed by atoms with Gasteiger partial charge in [0.1, 0.15) is 5.82 Å². The summed E-state index contributed by atoms with van der Waals surface area (Å²) in [6.07, 6.45) is 1.19. The Morgan fingerprint density at radius 3 is 2.55 bits per heavy atom. The number of amides is 1. The number of aromatic nitrogens is 1. The van der Waals surface area contributed by atoms with Crippen molar-refractivity contribution in [2.45, 2.75) is 0 Å². The fourth-order valence-corrected chi connectivity index (χ4v) is 3.18. The van der Waals surface area contributed by atoms with Gasteiger partial charge in [-0.2, -0.15) is 5.10 Å².